The van der Waals surface area contributed by atoms with Crippen LogP contribution in [-0.4, -0.2) is 96.4 Å². The molecule has 0 radical (unpaired) electrons. The molecule has 0 aromatic heterocycles. The van der Waals surface area contributed by atoms with Gasteiger partial charge >= 0.3 is 6.03 Å². The third-order valence-electron chi connectivity index (χ3n) is 13.2. The quantitative estimate of drug-likeness (QED) is 0.206. The molecule has 5 fully saturated rings. The zero-order valence-electron chi connectivity index (χ0n) is 32.4. The van der Waals surface area contributed by atoms with E-state index >= 15 is 0 Å². The number of carbonyl (C=O) groups is 5. The van der Waals surface area contributed by atoms with E-state index < -0.39 is 72.7 Å². The number of piperidine rings is 1. The van der Waals surface area contributed by atoms with Crippen molar-refractivity contribution in [3.8, 4) is 0 Å². The SMILES string of the molecule is CCCC[C@H](NC(=O)[C@@H]1[C@@H]2[C@H](CN1C(=O)[C@@H](NC(=O)NC1(C3OCC(C)(C)S3(=O)=O)CCCCC1)C1(C)CCCCC1)C2(C)C)C(=O)C(=O)NCC. The molecule has 3 saturated carbocycles. The molecule has 2 heterocycles. The number of urea groups is 1. The first-order valence-corrected chi connectivity index (χ1v) is 21.3. The van der Waals surface area contributed by atoms with Crippen LogP contribution < -0.4 is 21.3 Å². The van der Waals surface area contributed by atoms with Crippen LogP contribution in [0.2, 0.25) is 0 Å². The molecule has 14 heteroatoms. The van der Waals surface area contributed by atoms with Crippen LogP contribution in [0.25, 0.3) is 0 Å². The van der Waals surface area contributed by atoms with Gasteiger partial charge in [-0.15, -0.1) is 0 Å². The van der Waals surface area contributed by atoms with E-state index in [1.165, 1.54) is 0 Å². The minimum Gasteiger partial charge on any atom is -0.358 e. The third kappa shape index (κ3) is 7.48. The van der Waals surface area contributed by atoms with Gasteiger partial charge in [0.1, 0.15) is 12.1 Å². The Balaban J connectivity index is 1.42. The summed E-state index contributed by atoms with van der Waals surface area (Å²) >= 11 is 0. The molecular weight excluding hydrogens is 687 g/mol. The van der Waals surface area contributed by atoms with Crippen molar-refractivity contribution < 1.29 is 37.1 Å². The zero-order chi connectivity index (χ0) is 38.3. The van der Waals surface area contributed by atoms with Gasteiger partial charge in [0.2, 0.25) is 17.6 Å². The maximum atomic E-state index is 14.9. The van der Waals surface area contributed by atoms with Gasteiger partial charge in [0, 0.05) is 13.1 Å². The summed E-state index contributed by atoms with van der Waals surface area (Å²) in [5.41, 5.74) is -3.14. The average Bonchev–Trinajstić information content (AvgIpc) is 3.34. The molecule has 5 amide bonds. The maximum absolute atomic E-state index is 14.9. The number of ether oxygens (including phenoxy) is 1. The molecule has 1 unspecified atom stereocenters. The van der Waals surface area contributed by atoms with E-state index in [4.69, 9.17) is 4.74 Å². The number of Topliss-reactive ketones (excluding diaryl/α,β-unsaturated/α-hetero) is 1. The molecule has 0 aromatic carbocycles. The van der Waals surface area contributed by atoms with E-state index in [0.29, 0.717) is 45.1 Å². The Morgan fingerprint density at radius 1 is 0.865 bits per heavy atom. The van der Waals surface area contributed by atoms with Gasteiger partial charge in [0.15, 0.2) is 15.3 Å². The Morgan fingerprint density at radius 2 is 1.48 bits per heavy atom. The minimum absolute atomic E-state index is 0.0372. The molecule has 0 spiro atoms. The topological polar surface area (TPSA) is 180 Å². The first-order valence-electron chi connectivity index (χ1n) is 19.7. The van der Waals surface area contributed by atoms with Gasteiger partial charge < -0.3 is 30.9 Å². The van der Waals surface area contributed by atoms with Gasteiger partial charge in [-0.05, 0) is 75.5 Å². The third-order valence-corrected chi connectivity index (χ3v) is 16.0. The van der Waals surface area contributed by atoms with Crippen molar-refractivity contribution in [1.82, 2.24) is 26.2 Å². The van der Waals surface area contributed by atoms with E-state index in [1.807, 2.05) is 13.8 Å². The first-order chi connectivity index (χ1) is 24.4. The fourth-order valence-electron chi connectivity index (χ4n) is 9.69. The second-order valence-corrected chi connectivity index (χ2v) is 20.4. The summed E-state index contributed by atoms with van der Waals surface area (Å²) in [6, 6.07) is -3.48. The van der Waals surface area contributed by atoms with Gasteiger partial charge in [-0.3, -0.25) is 19.2 Å². The lowest BCUT2D eigenvalue weighted by Gasteiger charge is -2.45. The fourth-order valence-corrected chi connectivity index (χ4v) is 11.6. The molecule has 6 atom stereocenters. The number of hydrogen-bond donors (Lipinski definition) is 4. The number of hydrogen-bond acceptors (Lipinski definition) is 8. The lowest BCUT2D eigenvalue weighted by Crippen LogP contribution is -2.66. The van der Waals surface area contributed by atoms with Crippen molar-refractivity contribution in [2.75, 3.05) is 19.7 Å². The van der Waals surface area contributed by atoms with Gasteiger partial charge in [0.25, 0.3) is 5.91 Å². The van der Waals surface area contributed by atoms with Crippen LogP contribution in [0, 0.1) is 22.7 Å². The summed E-state index contributed by atoms with van der Waals surface area (Å²) in [4.78, 5) is 70.7. The van der Waals surface area contributed by atoms with Gasteiger partial charge in [-0.1, -0.05) is 79.1 Å². The average molecular weight is 750 g/mol. The Labute approximate surface area is 310 Å². The van der Waals surface area contributed by atoms with Gasteiger partial charge in [0.05, 0.1) is 22.9 Å². The van der Waals surface area contributed by atoms with Gasteiger partial charge in [-0.2, -0.15) is 0 Å². The lowest BCUT2D eigenvalue weighted by atomic mass is 9.70. The Morgan fingerprint density at radius 3 is 2.04 bits per heavy atom. The van der Waals surface area contributed by atoms with Crippen molar-refractivity contribution >= 4 is 39.4 Å². The predicted molar refractivity (Wildman–Crippen MR) is 197 cm³/mol. The lowest BCUT2D eigenvalue weighted by molar-refractivity contribution is -0.146. The molecule has 2 saturated heterocycles. The Hall–Kier alpha value is -2.74. The smallest absolute Gasteiger partial charge is 0.316 e. The van der Waals surface area contributed by atoms with E-state index in [2.05, 4.69) is 35.1 Å². The van der Waals surface area contributed by atoms with Crippen LogP contribution in [0.4, 0.5) is 4.79 Å². The highest BCUT2D eigenvalue weighted by atomic mass is 32.2. The molecule has 0 aromatic rings. The zero-order valence-corrected chi connectivity index (χ0v) is 33.2. The summed E-state index contributed by atoms with van der Waals surface area (Å²) in [7, 11) is -3.75. The predicted octanol–water partition coefficient (Wildman–Crippen LogP) is 3.74. The van der Waals surface area contributed by atoms with Crippen molar-refractivity contribution in [3.05, 3.63) is 0 Å². The number of ketones is 1. The highest BCUT2D eigenvalue weighted by Gasteiger charge is 2.70. The number of carbonyl (C=O) groups excluding carboxylic acids is 5. The van der Waals surface area contributed by atoms with Crippen LogP contribution in [0.5, 0.6) is 0 Å². The van der Waals surface area contributed by atoms with Crippen molar-refractivity contribution in [3.63, 3.8) is 0 Å². The molecule has 52 heavy (non-hydrogen) atoms. The molecule has 13 nitrogen and oxygen atoms in total. The number of likely N-dealkylation sites (tertiary alicyclic amines) is 1. The normalized spacial score (nSPS) is 30.2. The van der Waals surface area contributed by atoms with Crippen molar-refractivity contribution in [2.45, 2.75) is 166 Å². The molecular formula is C38H63N5O8S. The van der Waals surface area contributed by atoms with Crippen molar-refractivity contribution in [1.29, 1.82) is 0 Å². The largest absolute Gasteiger partial charge is 0.358 e. The number of unbranched alkanes of at least 4 members (excludes halogenated alkanes) is 1. The summed E-state index contributed by atoms with van der Waals surface area (Å²) in [6.07, 6.45) is 9.18. The molecule has 3 aliphatic carbocycles. The second kappa shape index (κ2) is 15.2. The molecule has 294 valence electrons. The molecule has 4 N–H and O–H groups in total. The van der Waals surface area contributed by atoms with E-state index in [-0.39, 0.29) is 36.3 Å². The number of amides is 5. The maximum Gasteiger partial charge on any atom is 0.316 e. The summed E-state index contributed by atoms with van der Waals surface area (Å²) in [5, 5.41) is 11.5. The number of rotatable bonds is 13. The summed E-state index contributed by atoms with van der Waals surface area (Å²) < 4.78 is 32.3. The van der Waals surface area contributed by atoms with Crippen LogP contribution in [0.3, 0.4) is 0 Å². The minimum atomic E-state index is -3.75. The second-order valence-electron chi connectivity index (χ2n) is 17.7. The molecule has 2 aliphatic heterocycles. The van der Waals surface area contributed by atoms with E-state index in [1.54, 1.807) is 25.7 Å². The summed E-state index contributed by atoms with van der Waals surface area (Å²) in [5.74, 6) is -2.35. The highest BCUT2D eigenvalue weighted by Crippen LogP contribution is 2.65. The molecule has 5 aliphatic rings. The number of sulfone groups is 1. The fraction of sp³-hybridized carbons (Fsp3) is 0.868. The van der Waals surface area contributed by atoms with Crippen molar-refractivity contribution in [2.24, 2.45) is 22.7 Å². The molecule has 0 bridgehead atoms. The summed E-state index contributed by atoms with van der Waals surface area (Å²) in [6.45, 7) is 13.8. The van der Waals surface area contributed by atoms with Crippen LogP contribution in [-0.2, 0) is 33.8 Å². The van der Waals surface area contributed by atoms with Gasteiger partial charge in [-0.25, -0.2) is 13.2 Å². The molecule has 5 rings (SSSR count). The Bertz CT molecular complexity index is 1500. The standard InChI is InChI=1S/C38H63N5O8S/c1-8-10-17-25(28(44)31(46)39-9-2)40-30(45)27-26-24(36(26,5)6)22-43(27)32(47)29(37(7)18-13-11-14-19-37)41-34(48)42-38(20-15-12-16-21-38)33-51-23-35(3,4)52(33,49)50/h24-27,29,33H,8-23H2,1-7H3,(H,39,46)(H,40,45)(H2,41,42,48)/t24-,25-,26-,27-,29+,33?/m0/s1. The van der Waals surface area contributed by atoms with Crippen LogP contribution >= 0.6 is 0 Å². The monoisotopic (exact) mass is 749 g/mol. The Kier molecular flexibility index (Phi) is 11.8. The first kappa shape index (κ1) is 40.4. The number of nitrogens with one attached hydrogen (secondary N) is 4. The van der Waals surface area contributed by atoms with E-state index in [9.17, 15) is 32.4 Å². The van der Waals surface area contributed by atoms with Crippen LogP contribution in [0.15, 0.2) is 0 Å². The van der Waals surface area contributed by atoms with Crippen LogP contribution in [0.1, 0.15) is 132 Å². The highest BCUT2D eigenvalue weighted by molar-refractivity contribution is 7.93. The van der Waals surface area contributed by atoms with E-state index in [0.717, 1.165) is 44.9 Å². The number of nitrogens with zero attached hydrogens (tertiary/aromatic N) is 1. The number of likely N-dealkylation sites (N-methyl/N-ethyl adjacent to an activating group) is 1. The number of fused-ring (bicyclic) bond motifs is 1.